The first-order valence-electron chi connectivity index (χ1n) is 5.73. The second kappa shape index (κ2) is 5.74. The second-order valence-electron chi connectivity index (χ2n) is 4.21. The van der Waals surface area contributed by atoms with Crippen molar-refractivity contribution in [3.05, 3.63) is 52.0 Å². The van der Waals surface area contributed by atoms with Crippen LogP contribution >= 0.6 is 23.2 Å². The maximum atomic E-state index is 5.97. The molecule has 0 amide bonds. The summed E-state index contributed by atoms with van der Waals surface area (Å²) in [5.41, 5.74) is 1.16. The lowest BCUT2D eigenvalue weighted by atomic mass is 10.1. The van der Waals surface area contributed by atoms with Gasteiger partial charge in [0.05, 0.1) is 12.7 Å². The topological polar surface area (TPSA) is 29.9 Å². The highest BCUT2D eigenvalue weighted by Crippen LogP contribution is 2.18. The van der Waals surface area contributed by atoms with E-state index >= 15 is 0 Å². The van der Waals surface area contributed by atoms with Crippen molar-refractivity contribution in [1.82, 2.24) is 14.9 Å². The van der Waals surface area contributed by atoms with Crippen LogP contribution in [0.15, 0.2) is 30.5 Å². The monoisotopic (exact) mass is 283 g/mol. The molecule has 0 spiro atoms. The Morgan fingerprint density at radius 1 is 1.39 bits per heavy atom. The van der Waals surface area contributed by atoms with E-state index < -0.39 is 0 Å². The minimum absolute atomic E-state index is 0.208. The number of nitrogens with one attached hydrogen (secondary N) is 1. The number of hydrogen-bond acceptors (Lipinski definition) is 2. The van der Waals surface area contributed by atoms with Gasteiger partial charge in [0.2, 0.25) is 0 Å². The van der Waals surface area contributed by atoms with Crippen molar-refractivity contribution < 1.29 is 0 Å². The van der Waals surface area contributed by atoms with Gasteiger partial charge in [-0.3, -0.25) is 0 Å². The number of benzene rings is 1. The third-order valence-electron chi connectivity index (χ3n) is 2.94. The van der Waals surface area contributed by atoms with E-state index in [-0.39, 0.29) is 6.04 Å². The normalized spacial score (nSPS) is 12.7. The molecule has 96 valence electrons. The first-order valence-corrected chi connectivity index (χ1v) is 6.48. The lowest BCUT2D eigenvalue weighted by Crippen LogP contribution is -2.20. The fourth-order valence-corrected chi connectivity index (χ4v) is 2.07. The summed E-state index contributed by atoms with van der Waals surface area (Å²) in [7, 11) is 1.90. The van der Waals surface area contributed by atoms with E-state index in [4.69, 9.17) is 23.2 Å². The molecular weight excluding hydrogens is 269 g/mol. The molecule has 2 rings (SSSR count). The van der Waals surface area contributed by atoms with Gasteiger partial charge in [-0.05, 0) is 24.6 Å². The van der Waals surface area contributed by atoms with Gasteiger partial charge in [-0.25, -0.2) is 4.98 Å². The van der Waals surface area contributed by atoms with Crippen molar-refractivity contribution in [3.63, 3.8) is 0 Å². The summed E-state index contributed by atoms with van der Waals surface area (Å²) in [6.45, 7) is 2.76. The smallest absolute Gasteiger partial charge is 0.128 e. The Balaban J connectivity index is 2.00. The Bertz CT molecular complexity index is 537. The zero-order chi connectivity index (χ0) is 13.1. The fraction of sp³-hybridized carbons (Fsp3) is 0.308. The molecule has 0 aliphatic carbocycles. The van der Waals surface area contributed by atoms with E-state index in [1.54, 1.807) is 6.20 Å². The van der Waals surface area contributed by atoms with Gasteiger partial charge in [-0.2, -0.15) is 0 Å². The Morgan fingerprint density at radius 2 is 2.17 bits per heavy atom. The largest absolute Gasteiger partial charge is 0.321 e. The van der Waals surface area contributed by atoms with Crippen molar-refractivity contribution >= 4 is 23.2 Å². The van der Waals surface area contributed by atoms with Gasteiger partial charge in [-0.15, -0.1) is 0 Å². The molecule has 1 unspecified atom stereocenters. The Hall–Kier alpha value is -1.03. The van der Waals surface area contributed by atoms with E-state index in [0.29, 0.717) is 11.7 Å². The molecule has 0 radical (unpaired) electrons. The van der Waals surface area contributed by atoms with E-state index in [1.807, 2.05) is 29.8 Å². The zero-order valence-corrected chi connectivity index (χ0v) is 11.8. The van der Waals surface area contributed by atoms with Crippen LogP contribution in [-0.2, 0) is 13.6 Å². The molecule has 0 aliphatic rings. The third kappa shape index (κ3) is 3.05. The van der Waals surface area contributed by atoms with Crippen LogP contribution in [0.5, 0.6) is 0 Å². The van der Waals surface area contributed by atoms with Gasteiger partial charge in [0.1, 0.15) is 11.0 Å². The summed E-state index contributed by atoms with van der Waals surface area (Å²) in [5.74, 6) is 0.911. The minimum atomic E-state index is 0.208. The molecule has 3 nitrogen and oxygen atoms in total. The SMILES string of the molecule is CC(NCc1ncc(Cl)n1C)c1cccc(Cl)c1. The van der Waals surface area contributed by atoms with Crippen molar-refractivity contribution in [3.8, 4) is 0 Å². The molecule has 1 aromatic heterocycles. The predicted molar refractivity (Wildman–Crippen MR) is 74.9 cm³/mol. The summed E-state index contributed by atoms with van der Waals surface area (Å²) in [6, 6.07) is 8.04. The lowest BCUT2D eigenvalue weighted by Gasteiger charge is -2.14. The predicted octanol–water partition coefficient (Wildman–Crippen LogP) is 3.58. The summed E-state index contributed by atoms with van der Waals surface area (Å²) in [4.78, 5) is 4.24. The lowest BCUT2D eigenvalue weighted by molar-refractivity contribution is 0.549. The number of imidazole rings is 1. The van der Waals surface area contributed by atoms with Gasteiger partial charge in [0.25, 0.3) is 0 Å². The Kier molecular flexibility index (Phi) is 4.27. The molecule has 2 aromatic rings. The van der Waals surface area contributed by atoms with Crippen molar-refractivity contribution in [1.29, 1.82) is 0 Å². The molecule has 0 fully saturated rings. The number of nitrogens with zero attached hydrogens (tertiary/aromatic N) is 2. The van der Waals surface area contributed by atoms with Crippen LogP contribution in [0.3, 0.4) is 0 Å². The van der Waals surface area contributed by atoms with E-state index in [9.17, 15) is 0 Å². The van der Waals surface area contributed by atoms with Gasteiger partial charge < -0.3 is 9.88 Å². The van der Waals surface area contributed by atoms with Crippen molar-refractivity contribution in [2.24, 2.45) is 7.05 Å². The van der Waals surface area contributed by atoms with Crippen molar-refractivity contribution in [2.45, 2.75) is 19.5 Å². The molecule has 1 aromatic carbocycles. The molecule has 0 saturated heterocycles. The van der Waals surface area contributed by atoms with Crippen LogP contribution < -0.4 is 5.32 Å². The highest BCUT2D eigenvalue weighted by atomic mass is 35.5. The van der Waals surface area contributed by atoms with Crippen LogP contribution in [0.2, 0.25) is 10.2 Å². The molecule has 0 bridgehead atoms. The van der Waals surface area contributed by atoms with Gasteiger partial charge in [0, 0.05) is 18.1 Å². The van der Waals surface area contributed by atoms with Crippen LogP contribution in [-0.4, -0.2) is 9.55 Å². The number of aromatic nitrogens is 2. The zero-order valence-electron chi connectivity index (χ0n) is 10.3. The highest BCUT2D eigenvalue weighted by molar-refractivity contribution is 6.30. The Morgan fingerprint density at radius 3 is 2.78 bits per heavy atom. The molecule has 0 aliphatic heterocycles. The van der Waals surface area contributed by atoms with Crippen LogP contribution in [0.1, 0.15) is 24.4 Å². The second-order valence-corrected chi connectivity index (χ2v) is 5.04. The van der Waals surface area contributed by atoms with E-state index in [0.717, 1.165) is 16.4 Å². The highest BCUT2D eigenvalue weighted by Gasteiger charge is 2.08. The standard InChI is InChI=1S/C13H15Cl2N3/c1-9(10-4-3-5-11(14)6-10)16-8-13-17-7-12(15)18(13)2/h3-7,9,16H,8H2,1-2H3. The summed E-state index contributed by atoms with van der Waals surface area (Å²) in [5, 5.41) is 4.79. The number of halogens is 2. The van der Waals surface area contributed by atoms with Gasteiger partial charge in [0.15, 0.2) is 0 Å². The maximum absolute atomic E-state index is 5.97. The van der Waals surface area contributed by atoms with E-state index in [2.05, 4.69) is 23.3 Å². The molecule has 5 heteroatoms. The number of hydrogen-bond donors (Lipinski definition) is 1. The first kappa shape index (κ1) is 13.4. The van der Waals surface area contributed by atoms with Gasteiger partial charge >= 0.3 is 0 Å². The quantitative estimate of drug-likeness (QED) is 0.930. The molecule has 18 heavy (non-hydrogen) atoms. The molecule has 1 N–H and O–H groups in total. The van der Waals surface area contributed by atoms with Crippen molar-refractivity contribution in [2.75, 3.05) is 0 Å². The average molecular weight is 284 g/mol. The summed E-state index contributed by atoms with van der Waals surface area (Å²) >= 11 is 11.9. The molecule has 1 atom stereocenters. The Labute approximate surface area is 117 Å². The first-order chi connectivity index (χ1) is 8.58. The maximum Gasteiger partial charge on any atom is 0.128 e. The molecule has 0 saturated carbocycles. The fourth-order valence-electron chi connectivity index (χ4n) is 1.73. The third-order valence-corrected chi connectivity index (χ3v) is 3.53. The minimum Gasteiger partial charge on any atom is -0.321 e. The summed E-state index contributed by atoms with van der Waals surface area (Å²) in [6.07, 6.45) is 1.66. The van der Waals surface area contributed by atoms with Gasteiger partial charge in [-0.1, -0.05) is 35.3 Å². The van der Waals surface area contributed by atoms with E-state index in [1.165, 1.54) is 0 Å². The molecule has 1 heterocycles. The average Bonchev–Trinajstić information content (AvgIpc) is 2.67. The molecular formula is C13H15Cl2N3. The van der Waals surface area contributed by atoms with Crippen LogP contribution in [0.4, 0.5) is 0 Å². The number of rotatable bonds is 4. The van der Waals surface area contributed by atoms with Crippen LogP contribution in [0.25, 0.3) is 0 Å². The van der Waals surface area contributed by atoms with Crippen LogP contribution in [0, 0.1) is 0 Å². The summed E-state index contributed by atoms with van der Waals surface area (Å²) < 4.78 is 1.86.